The van der Waals surface area contributed by atoms with E-state index in [-0.39, 0.29) is 6.61 Å². The van der Waals surface area contributed by atoms with E-state index in [1.165, 1.54) is 0 Å². The highest BCUT2D eigenvalue weighted by Gasteiger charge is 2.05. The molecule has 0 heterocycles. The molecule has 0 aromatic heterocycles. The fraction of sp³-hybridized carbons (Fsp3) is 0.316. The summed E-state index contributed by atoms with van der Waals surface area (Å²) in [5, 5.41) is 0. The van der Waals surface area contributed by atoms with Gasteiger partial charge in [-0.15, -0.1) is 0 Å². The van der Waals surface area contributed by atoms with Crippen molar-refractivity contribution in [1.29, 1.82) is 0 Å². The Balaban J connectivity index is 1.67. The Morgan fingerprint density at radius 3 is 2.26 bits per heavy atom. The Bertz CT molecular complexity index is 578. The first-order valence-corrected chi connectivity index (χ1v) is 7.79. The Kier molecular flexibility index (Phi) is 6.98. The second kappa shape index (κ2) is 9.51. The van der Waals surface area contributed by atoms with E-state index in [0.29, 0.717) is 12.2 Å². The molecule has 0 bridgehead atoms. The molecule has 121 valence electrons. The number of carbonyl (C=O) groups excluding carboxylic acids is 1. The maximum Gasteiger partial charge on any atom is 0.338 e. The molecule has 2 rings (SSSR count). The summed E-state index contributed by atoms with van der Waals surface area (Å²) in [6.07, 6.45) is 2.16. The van der Waals surface area contributed by atoms with Gasteiger partial charge in [-0.25, -0.2) is 4.79 Å². The molecule has 2 aromatic carbocycles. The minimum Gasteiger partial charge on any atom is -0.494 e. The first kappa shape index (κ1) is 16.9. The molecule has 0 N–H and O–H groups in total. The topological polar surface area (TPSA) is 44.8 Å². The van der Waals surface area contributed by atoms with Gasteiger partial charge in [0.25, 0.3) is 0 Å². The molecule has 4 heteroatoms. The number of esters is 1. The normalized spacial score (nSPS) is 10.1. The molecule has 0 spiro atoms. The molecule has 23 heavy (non-hydrogen) atoms. The maximum absolute atomic E-state index is 11.7. The van der Waals surface area contributed by atoms with Gasteiger partial charge in [0.2, 0.25) is 0 Å². The van der Waals surface area contributed by atoms with E-state index in [0.717, 1.165) is 30.9 Å². The molecular formula is C19H21O4. The van der Waals surface area contributed by atoms with E-state index in [4.69, 9.17) is 14.2 Å². The van der Waals surface area contributed by atoms with E-state index in [9.17, 15) is 4.79 Å². The quantitative estimate of drug-likeness (QED) is 0.520. The first-order chi connectivity index (χ1) is 11.3. The number of unbranched alkanes of at least 4 members (excludes halogenated alkanes) is 1. The van der Waals surface area contributed by atoms with Crippen LogP contribution in [0.5, 0.6) is 11.5 Å². The highest BCUT2D eigenvalue weighted by molar-refractivity contribution is 5.88. The van der Waals surface area contributed by atoms with Crippen LogP contribution in [0.3, 0.4) is 0 Å². The van der Waals surface area contributed by atoms with E-state index in [2.05, 4.69) is 13.0 Å². The number of hydrogen-bond acceptors (Lipinski definition) is 4. The van der Waals surface area contributed by atoms with Crippen LogP contribution in [0.25, 0.3) is 0 Å². The number of rotatable bonds is 9. The second-order valence-electron chi connectivity index (χ2n) is 4.93. The first-order valence-electron chi connectivity index (χ1n) is 7.79. The third-order valence-electron chi connectivity index (χ3n) is 3.10. The van der Waals surface area contributed by atoms with Crippen LogP contribution in [0.2, 0.25) is 0 Å². The lowest BCUT2D eigenvalue weighted by molar-refractivity contribution is 0.0450. The summed E-state index contributed by atoms with van der Waals surface area (Å²) in [7, 11) is 0. The monoisotopic (exact) mass is 313 g/mol. The molecular weight excluding hydrogens is 292 g/mol. The Morgan fingerprint density at radius 2 is 1.65 bits per heavy atom. The molecule has 2 aromatic rings. The van der Waals surface area contributed by atoms with Crippen LogP contribution < -0.4 is 9.47 Å². The lowest BCUT2D eigenvalue weighted by Crippen LogP contribution is -2.12. The maximum atomic E-state index is 11.7. The molecule has 1 radical (unpaired) electrons. The predicted molar refractivity (Wildman–Crippen MR) is 87.9 cm³/mol. The third kappa shape index (κ3) is 6.02. The average molecular weight is 313 g/mol. The highest BCUT2D eigenvalue weighted by atomic mass is 16.6. The lowest BCUT2D eigenvalue weighted by atomic mass is 10.2. The van der Waals surface area contributed by atoms with Crippen LogP contribution in [0.15, 0.2) is 48.5 Å². The number of benzene rings is 2. The Hall–Kier alpha value is -2.49. The van der Waals surface area contributed by atoms with Crippen LogP contribution in [-0.2, 0) is 4.74 Å². The van der Waals surface area contributed by atoms with Gasteiger partial charge in [-0.1, -0.05) is 31.5 Å². The molecule has 0 fully saturated rings. The van der Waals surface area contributed by atoms with E-state index < -0.39 is 5.97 Å². The average Bonchev–Trinajstić information content (AvgIpc) is 2.61. The summed E-state index contributed by atoms with van der Waals surface area (Å²) in [6.45, 7) is 3.34. The fourth-order valence-electron chi connectivity index (χ4n) is 1.86. The number of hydrogen-bond donors (Lipinski definition) is 0. The van der Waals surface area contributed by atoms with Crippen molar-refractivity contribution in [1.82, 2.24) is 0 Å². The van der Waals surface area contributed by atoms with Gasteiger partial charge < -0.3 is 14.2 Å². The van der Waals surface area contributed by atoms with Crippen molar-refractivity contribution in [3.8, 4) is 11.5 Å². The minimum atomic E-state index is -0.395. The summed E-state index contributed by atoms with van der Waals surface area (Å²) < 4.78 is 16.2. The summed E-state index contributed by atoms with van der Waals surface area (Å²) in [5.74, 6) is 1.15. The fourth-order valence-corrected chi connectivity index (χ4v) is 1.86. The van der Waals surface area contributed by atoms with Gasteiger partial charge in [-0.3, -0.25) is 0 Å². The smallest absolute Gasteiger partial charge is 0.338 e. The van der Waals surface area contributed by atoms with Crippen molar-refractivity contribution in [2.24, 2.45) is 0 Å². The molecule has 0 atom stereocenters. The molecule has 0 aliphatic heterocycles. The predicted octanol–water partition coefficient (Wildman–Crippen LogP) is 3.90. The van der Waals surface area contributed by atoms with E-state index >= 15 is 0 Å². The zero-order valence-corrected chi connectivity index (χ0v) is 13.3. The van der Waals surface area contributed by atoms with Gasteiger partial charge in [-0.05, 0) is 42.8 Å². The van der Waals surface area contributed by atoms with Gasteiger partial charge >= 0.3 is 5.97 Å². The van der Waals surface area contributed by atoms with Crippen LogP contribution in [0.1, 0.15) is 30.1 Å². The van der Waals surface area contributed by atoms with Crippen molar-refractivity contribution in [2.75, 3.05) is 19.8 Å². The van der Waals surface area contributed by atoms with Crippen LogP contribution in [0.4, 0.5) is 0 Å². The van der Waals surface area contributed by atoms with Crippen LogP contribution in [0, 0.1) is 6.07 Å². The Labute approximate surface area is 137 Å². The van der Waals surface area contributed by atoms with Crippen LogP contribution in [-0.4, -0.2) is 25.8 Å². The van der Waals surface area contributed by atoms with Crippen molar-refractivity contribution in [3.05, 3.63) is 60.2 Å². The number of ether oxygens (including phenoxy) is 3. The van der Waals surface area contributed by atoms with Gasteiger partial charge in [0, 0.05) is 0 Å². The third-order valence-corrected chi connectivity index (χ3v) is 3.10. The molecule has 0 amide bonds. The standard InChI is InChI=1S/C19H21O4/c1-2-3-13-21-17-9-11-18(12-10-17)22-14-15-23-19(20)16-7-5-4-6-8-16/h4-7,9-12H,2-3,13-15H2,1H3. The zero-order valence-electron chi connectivity index (χ0n) is 13.3. The zero-order chi connectivity index (χ0) is 16.3. The SMILES string of the molecule is CCCCOc1ccc(OCCOC(=O)c2[c]cccc2)cc1. The molecule has 0 aliphatic rings. The molecule has 0 unspecified atom stereocenters. The van der Waals surface area contributed by atoms with Crippen molar-refractivity contribution < 1.29 is 19.0 Å². The van der Waals surface area contributed by atoms with Gasteiger partial charge in [-0.2, -0.15) is 0 Å². The summed E-state index contributed by atoms with van der Waals surface area (Å²) in [6, 6.07) is 17.2. The van der Waals surface area contributed by atoms with Crippen molar-refractivity contribution in [3.63, 3.8) is 0 Å². The molecule has 0 saturated carbocycles. The van der Waals surface area contributed by atoms with E-state index in [1.807, 2.05) is 24.3 Å². The molecule has 0 aliphatic carbocycles. The number of carbonyl (C=O) groups is 1. The van der Waals surface area contributed by atoms with Crippen molar-refractivity contribution in [2.45, 2.75) is 19.8 Å². The minimum absolute atomic E-state index is 0.191. The highest BCUT2D eigenvalue weighted by Crippen LogP contribution is 2.17. The largest absolute Gasteiger partial charge is 0.494 e. The molecule has 4 nitrogen and oxygen atoms in total. The lowest BCUT2D eigenvalue weighted by Gasteiger charge is -2.09. The van der Waals surface area contributed by atoms with Crippen LogP contribution >= 0.6 is 0 Å². The van der Waals surface area contributed by atoms with Crippen molar-refractivity contribution >= 4 is 5.97 Å². The summed E-state index contributed by atoms with van der Waals surface area (Å²) in [5.41, 5.74) is 0.418. The summed E-state index contributed by atoms with van der Waals surface area (Å²) in [4.78, 5) is 11.7. The second-order valence-corrected chi connectivity index (χ2v) is 4.93. The summed E-state index contributed by atoms with van der Waals surface area (Å²) >= 11 is 0. The Morgan fingerprint density at radius 1 is 0.957 bits per heavy atom. The van der Waals surface area contributed by atoms with Gasteiger partial charge in [0.15, 0.2) is 0 Å². The van der Waals surface area contributed by atoms with Gasteiger partial charge in [0.1, 0.15) is 24.7 Å². The van der Waals surface area contributed by atoms with E-state index in [1.54, 1.807) is 24.3 Å². The molecule has 0 saturated heterocycles. The van der Waals surface area contributed by atoms with Gasteiger partial charge in [0.05, 0.1) is 12.2 Å².